The molecule has 1 unspecified atom stereocenters. The first-order valence-corrected chi connectivity index (χ1v) is 5.05. The van der Waals surface area contributed by atoms with Crippen LogP contribution >= 0.6 is 0 Å². The first-order chi connectivity index (χ1) is 5.61. The zero-order chi connectivity index (χ0) is 9.56. The van der Waals surface area contributed by atoms with Crippen molar-refractivity contribution < 1.29 is 0 Å². The predicted octanol–water partition coefficient (Wildman–Crippen LogP) is 1.70. The van der Waals surface area contributed by atoms with Crippen LogP contribution in [0, 0.1) is 5.92 Å². The fourth-order valence-corrected chi connectivity index (χ4v) is 1.51. The first-order valence-electron chi connectivity index (χ1n) is 5.05. The van der Waals surface area contributed by atoms with Crippen molar-refractivity contribution in [1.29, 1.82) is 0 Å². The molecule has 2 N–H and O–H groups in total. The molecule has 0 fully saturated rings. The van der Waals surface area contributed by atoms with Crippen molar-refractivity contribution in [2.24, 2.45) is 11.7 Å². The molecule has 0 radical (unpaired) electrons. The Hall–Kier alpha value is -0.0800. The summed E-state index contributed by atoms with van der Waals surface area (Å²) in [4.78, 5) is 2.50. The van der Waals surface area contributed by atoms with Crippen LogP contribution in [-0.2, 0) is 0 Å². The fraction of sp³-hybridized carbons (Fsp3) is 1.00. The van der Waals surface area contributed by atoms with Crippen molar-refractivity contribution in [3.8, 4) is 0 Å². The topological polar surface area (TPSA) is 29.3 Å². The third-order valence-electron chi connectivity index (χ3n) is 2.21. The van der Waals surface area contributed by atoms with Gasteiger partial charge in [-0.1, -0.05) is 20.8 Å². The van der Waals surface area contributed by atoms with E-state index in [0.29, 0.717) is 6.04 Å². The average molecular weight is 172 g/mol. The molecule has 0 amide bonds. The maximum Gasteiger partial charge on any atom is 0.00789 e. The first kappa shape index (κ1) is 11.9. The number of rotatable bonds is 6. The molecular weight excluding hydrogens is 148 g/mol. The highest BCUT2D eigenvalue weighted by molar-refractivity contribution is 4.67. The SMILES string of the molecule is CCN(CC(C)C)C(C)CCN. The van der Waals surface area contributed by atoms with Gasteiger partial charge in [0.2, 0.25) is 0 Å². The number of nitrogens with zero attached hydrogens (tertiary/aromatic N) is 1. The van der Waals surface area contributed by atoms with Gasteiger partial charge in [0.05, 0.1) is 0 Å². The maximum atomic E-state index is 5.53. The second kappa shape index (κ2) is 6.44. The molecule has 12 heavy (non-hydrogen) atoms. The van der Waals surface area contributed by atoms with Crippen molar-refractivity contribution in [1.82, 2.24) is 4.90 Å². The summed E-state index contributed by atoms with van der Waals surface area (Å²) >= 11 is 0. The molecule has 0 aromatic heterocycles. The van der Waals surface area contributed by atoms with E-state index in [4.69, 9.17) is 5.73 Å². The normalized spacial score (nSPS) is 14.2. The average Bonchev–Trinajstić information content (AvgIpc) is 2.00. The van der Waals surface area contributed by atoms with Gasteiger partial charge in [-0.3, -0.25) is 0 Å². The summed E-state index contributed by atoms with van der Waals surface area (Å²) in [6.07, 6.45) is 1.11. The van der Waals surface area contributed by atoms with Crippen LogP contribution in [0.4, 0.5) is 0 Å². The molecule has 0 aromatic rings. The largest absolute Gasteiger partial charge is 0.330 e. The Bertz CT molecular complexity index is 102. The highest BCUT2D eigenvalue weighted by Crippen LogP contribution is 2.06. The molecule has 2 heteroatoms. The maximum absolute atomic E-state index is 5.53. The van der Waals surface area contributed by atoms with Gasteiger partial charge >= 0.3 is 0 Å². The quantitative estimate of drug-likeness (QED) is 0.661. The molecule has 0 saturated heterocycles. The lowest BCUT2D eigenvalue weighted by atomic mass is 10.1. The summed E-state index contributed by atoms with van der Waals surface area (Å²) in [6.45, 7) is 12.1. The Kier molecular flexibility index (Phi) is 6.39. The smallest absolute Gasteiger partial charge is 0.00789 e. The van der Waals surface area contributed by atoms with Gasteiger partial charge in [0.25, 0.3) is 0 Å². The van der Waals surface area contributed by atoms with Gasteiger partial charge in [0.15, 0.2) is 0 Å². The molecule has 2 nitrogen and oxygen atoms in total. The van der Waals surface area contributed by atoms with Gasteiger partial charge in [0.1, 0.15) is 0 Å². The van der Waals surface area contributed by atoms with Crippen LogP contribution in [0.15, 0.2) is 0 Å². The molecule has 0 heterocycles. The summed E-state index contributed by atoms with van der Waals surface area (Å²) in [7, 11) is 0. The lowest BCUT2D eigenvalue weighted by molar-refractivity contribution is 0.189. The van der Waals surface area contributed by atoms with Crippen LogP contribution in [0.25, 0.3) is 0 Å². The van der Waals surface area contributed by atoms with Crippen LogP contribution < -0.4 is 5.73 Å². The Labute approximate surface area is 77.1 Å². The Morgan fingerprint density at radius 1 is 1.25 bits per heavy atom. The van der Waals surface area contributed by atoms with E-state index in [1.54, 1.807) is 0 Å². The minimum absolute atomic E-state index is 0.641. The molecule has 0 aliphatic heterocycles. The lowest BCUT2D eigenvalue weighted by Crippen LogP contribution is -2.37. The molecule has 0 aliphatic rings. The monoisotopic (exact) mass is 172 g/mol. The highest BCUT2D eigenvalue weighted by Gasteiger charge is 2.11. The van der Waals surface area contributed by atoms with E-state index in [9.17, 15) is 0 Å². The summed E-state index contributed by atoms with van der Waals surface area (Å²) in [5.41, 5.74) is 5.53. The van der Waals surface area contributed by atoms with Gasteiger partial charge in [0, 0.05) is 12.6 Å². The third-order valence-corrected chi connectivity index (χ3v) is 2.21. The number of hydrogen-bond acceptors (Lipinski definition) is 2. The summed E-state index contributed by atoms with van der Waals surface area (Å²) < 4.78 is 0. The van der Waals surface area contributed by atoms with Crippen LogP contribution in [-0.4, -0.2) is 30.6 Å². The Balaban J connectivity index is 3.78. The third kappa shape index (κ3) is 4.73. The van der Waals surface area contributed by atoms with Crippen LogP contribution in [0.1, 0.15) is 34.1 Å². The minimum atomic E-state index is 0.641. The lowest BCUT2D eigenvalue weighted by Gasteiger charge is -2.29. The van der Waals surface area contributed by atoms with Gasteiger partial charge in [-0.25, -0.2) is 0 Å². The van der Waals surface area contributed by atoms with Gasteiger partial charge < -0.3 is 10.6 Å². The van der Waals surface area contributed by atoms with Gasteiger partial charge in [-0.2, -0.15) is 0 Å². The van der Waals surface area contributed by atoms with Crippen molar-refractivity contribution in [3.05, 3.63) is 0 Å². The van der Waals surface area contributed by atoms with E-state index < -0.39 is 0 Å². The number of nitrogens with two attached hydrogens (primary N) is 1. The highest BCUT2D eigenvalue weighted by atomic mass is 15.1. The van der Waals surface area contributed by atoms with Gasteiger partial charge in [-0.05, 0) is 32.4 Å². The molecule has 74 valence electrons. The zero-order valence-corrected chi connectivity index (χ0v) is 9.01. The molecule has 0 aromatic carbocycles. The molecule has 1 atom stereocenters. The minimum Gasteiger partial charge on any atom is -0.330 e. The van der Waals surface area contributed by atoms with Crippen LogP contribution in [0.3, 0.4) is 0 Å². The van der Waals surface area contributed by atoms with Gasteiger partial charge in [-0.15, -0.1) is 0 Å². The van der Waals surface area contributed by atoms with Crippen molar-refractivity contribution in [3.63, 3.8) is 0 Å². The van der Waals surface area contributed by atoms with E-state index in [1.165, 1.54) is 6.54 Å². The zero-order valence-electron chi connectivity index (χ0n) is 9.01. The summed E-state index contributed by atoms with van der Waals surface area (Å²) in [6, 6.07) is 0.641. The molecular formula is C10H24N2. The molecule has 0 rings (SSSR count). The van der Waals surface area contributed by atoms with E-state index in [1.807, 2.05) is 0 Å². The van der Waals surface area contributed by atoms with E-state index in [0.717, 1.165) is 25.4 Å². The fourth-order valence-electron chi connectivity index (χ4n) is 1.51. The van der Waals surface area contributed by atoms with E-state index in [-0.39, 0.29) is 0 Å². The van der Waals surface area contributed by atoms with E-state index in [2.05, 4.69) is 32.6 Å². The second-order valence-electron chi connectivity index (χ2n) is 3.91. The van der Waals surface area contributed by atoms with Crippen molar-refractivity contribution in [2.75, 3.05) is 19.6 Å². The van der Waals surface area contributed by atoms with Crippen LogP contribution in [0.2, 0.25) is 0 Å². The standard InChI is InChI=1S/C10H24N2/c1-5-12(8-9(2)3)10(4)6-7-11/h9-10H,5-8,11H2,1-4H3. The predicted molar refractivity (Wildman–Crippen MR) is 55.2 cm³/mol. The van der Waals surface area contributed by atoms with Crippen molar-refractivity contribution in [2.45, 2.75) is 40.2 Å². The molecule has 0 saturated carbocycles. The molecule has 0 spiro atoms. The van der Waals surface area contributed by atoms with Crippen LogP contribution in [0.5, 0.6) is 0 Å². The van der Waals surface area contributed by atoms with E-state index >= 15 is 0 Å². The second-order valence-corrected chi connectivity index (χ2v) is 3.91. The summed E-state index contributed by atoms with van der Waals surface area (Å²) in [5.74, 6) is 0.755. The Morgan fingerprint density at radius 3 is 2.17 bits per heavy atom. The molecule has 0 aliphatic carbocycles. The van der Waals surface area contributed by atoms with Crippen molar-refractivity contribution >= 4 is 0 Å². The number of hydrogen-bond donors (Lipinski definition) is 1. The summed E-state index contributed by atoms with van der Waals surface area (Å²) in [5, 5.41) is 0. The molecule has 0 bridgehead atoms. The Morgan fingerprint density at radius 2 is 1.83 bits per heavy atom.